The fourth-order valence-electron chi connectivity index (χ4n) is 4.20. The molecule has 0 bridgehead atoms. The van der Waals surface area contributed by atoms with Crippen LogP contribution in [0.1, 0.15) is 35.8 Å². The van der Waals surface area contributed by atoms with Gasteiger partial charge in [0.05, 0.1) is 27.3 Å². The Hall–Kier alpha value is -2.55. The third kappa shape index (κ3) is 4.47. The summed E-state index contributed by atoms with van der Waals surface area (Å²) in [6.07, 6.45) is 4.57. The summed E-state index contributed by atoms with van der Waals surface area (Å²) in [5.74, 6) is -0.0493. The van der Waals surface area contributed by atoms with Crippen molar-refractivity contribution in [2.45, 2.75) is 43.9 Å². The number of sulfone groups is 1. The van der Waals surface area contributed by atoms with Gasteiger partial charge in [0.25, 0.3) is 0 Å². The number of nitrogens with one attached hydrogen (secondary N) is 1. The van der Waals surface area contributed by atoms with Gasteiger partial charge in [0.2, 0.25) is 5.91 Å². The number of benzene rings is 2. The molecule has 0 aliphatic heterocycles. The number of hydrogen-bond acceptors (Lipinski definition) is 6. The molecule has 1 aliphatic carbocycles. The van der Waals surface area contributed by atoms with E-state index in [9.17, 15) is 13.2 Å². The van der Waals surface area contributed by atoms with Crippen LogP contribution in [0.3, 0.4) is 0 Å². The van der Waals surface area contributed by atoms with Gasteiger partial charge in [-0.15, -0.1) is 22.7 Å². The SMILES string of the molecule is CCS(=O)(=O)c1ccc(CC(=O)Nc2sc3c(c2-c2nc4ccccc4s2)CCCC3)cc1. The minimum Gasteiger partial charge on any atom is -0.317 e. The van der Waals surface area contributed by atoms with Crippen LogP contribution in [-0.2, 0) is 33.9 Å². The van der Waals surface area contributed by atoms with Crippen LogP contribution in [0, 0.1) is 0 Å². The zero-order chi connectivity index (χ0) is 23.0. The molecular weight excluding hydrogens is 472 g/mol. The maximum atomic E-state index is 12.9. The third-order valence-electron chi connectivity index (χ3n) is 5.96. The second kappa shape index (κ2) is 9.00. The van der Waals surface area contributed by atoms with Crippen LogP contribution in [0.5, 0.6) is 0 Å². The summed E-state index contributed by atoms with van der Waals surface area (Å²) >= 11 is 3.34. The van der Waals surface area contributed by atoms with Crippen molar-refractivity contribution >= 4 is 53.6 Å². The van der Waals surface area contributed by atoms with Crippen LogP contribution in [0.15, 0.2) is 53.4 Å². The second-order valence-corrected chi connectivity index (χ2v) is 12.6. The van der Waals surface area contributed by atoms with Gasteiger partial charge >= 0.3 is 0 Å². The first kappa shape index (κ1) is 22.3. The number of fused-ring (bicyclic) bond motifs is 2. The highest BCUT2D eigenvalue weighted by atomic mass is 32.2. The van der Waals surface area contributed by atoms with Crippen molar-refractivity contribution < 1.29 is 13.2 Å². The normalized spacial score (nSPS) is 13.7. The molecule has 0 atom stereocenters. The maximum absolute atomic E-state index is 12.9. The largest absolute Gasteiger partial charge is 0.317 e. The summed E-state index contributed by atoms with van der Waals surface area (Å²) in [5, 5.41) is 4.97. The summed E-state index contributed by atoms with van der Waals surface area (Å²) in [5.41, 5.74) is 4.17. The van der Waals surface area contributed by atoms with E-state index >= 15 is 0 Å². The van der Waals surface area contributed by atoms with Crippen molar-refractivity contribution in [3.8, 4) is 10.6 Å². The number of aryl methyl sites for hydroxylation is 1. The first-order valence-corrected chi connectivity index (χ1v) is 14.3. The van der Waals surface area contributed by atoms with Crippen molar-refractivity contribution in [3.05, 3.63) is 64.5 Å². The van der Waals surface area contributed by atoms with Crippen LogP contribution >= 0.6 is 22.7 Å². The highest BCUT2D eigenvalue weighted by Crippen LogP contribution is 2.46. The van der Waals surface area contributed by atoms with E-state index in [4.69, 9.17) is 4.98 Å². The van der Waals surface area contributed by atoms with Crippen LogP contribution in [-0.4, -0.2) is 25.1 Å². The monoisotopic (exact) mass is 496 g/mol. The first-order valence-electron chi connectivity index (χ1n) is 11.1. The smallest absolute Gasteiger partial charge is 0.229 e. The average Bonchev–Trinajstić information content (AvgIpc) is 3.39. The van der Waals surface area contributed by atoms with Gasteiger partial charge in [-0.3, -0.25) is 4.79 Å². The Morgan fingerprint density at radius 1 is 1.03 bits per heavy atom. The van der Waals surface area contributed by atoms with E-state index in [1.54, 1.807) is 53.9 Å². The van der Waals surface area contributed by atoms with Gasteiger partial charge in [0.1, 0.15) is 10.0 Å². The summed E-state index contributed by atoms with van der Waals surface area (Å²) < 4.78 is 25.2. The molecule has 1 N–H and O–H groups in total. The number of amides is 1. The van der Waals surface area contributed by atoms with Crippen LogP contribution in [0.25, 0.3) is 20.8 Å². The van der Waals surface area contributed by atoms with Crippen molar-refractivity contribution in [2.75, 3.05) is 11.1 Å². The van der Waals surface area contributed by atoms with Crippen molar-refractivity contribution in [3.63, 3.8) is 0 Å². The van der Waals surface area contributed by atoms with Crippen molar-refractivity contribution in [2.24, 2.45) is 0 Å². The molecule has 4 aromatic rings. The molecule has 5 nitrogen and oxygen atoms in total. The average molecular weight is 497 g/mol. The van der Waals surface area contributed by atoms with Crippen LogP contribution in [0.2, 0.25) is 0 Å². The predicted octanol–water partition coefficient (Wildman–Crippen LogP) is 5.88. The molecule has 0 radical (unpaired) electrons. The molecule has 2 heterocycles. The third-order valence-corrected chi connectivity index (χ3v) is 9.97. The maximum Gasteiger partial charge on any atom is 0.229 e. The van der Waals surface area contributed by atoms with Crippen LogP contribution in [0.4, 0.5) is 5.00 Å². The molecule has 0 fully saturated rings. The van der Waals surface area contributed by atoms with Gasteiger partial charge in [-0.05, 0) is 61.1 Å². The number of thiazole rings is 1. The quantitative estimate of drug-likeness (QED) is 0.362. The lowest BCUT2D eigenvalue weighted by Crippen LogP contribution is -2.14. The molecule has 0 unspecified atom stereocenters. The Bertz CT molecular complexity index is 1400. The molecule has 5 rings (SSSR count). The second-order valence-electron chi connectivity index (χ2n) is 8.17. The molecule has 0 spiro atoms. The van der Waals surface area contributed by atoms with E-state index in [0.717, 1.165) is 50.6 Å². The summed E-state index contributed by atoms with van der Waals surface area (Å²) in [6.45, 7) is 1.63. The van der Waals surface area contributed by atoms with Crippen molar-refractivity contribution in [1.29, 1.82) is 0 Å². The van der Waals surface area contributed by atoms with Gasteiger partial charge in [0, 0.05) is 10.4 Å². The standard InChI is InChI=1S/C25H24N2O3S3/c1-2-33(29,30)17-13-11-16(12-14-17)15-22(28)27-25-23(18-7-3-5-9-20(18)31-25)24-26-19-8-4-6-10-21(19)32-24/h4,6,8,10-14H,2-3,5,7,9,15H2,1H3,(H,27,28). The lowest BCUT2D eigenvalue weighted by atomic mass is 9.95. The lowest BCUT2D eigenvalue weighted by Gasteiger charge is -2.12. The van der Waals surface area contributed by atoms with E-state index in [2.05, 4.69) is 11.4 Å². The van der Waals surface area contributed by atoms with Crippen molar-refractivity contribution in [1.82, 2.24) is 4.98 Å². The number of anilines is 1. The minimum atomic E-state index is -3.25. The number of hydrogen-bond donors (Lipinski definition) is 1. The van der Waals surface area contributed by atoms with E-state index in [0.29, 0.717) is 4.90 Å². The van der Waals surface area contributed by atoms with E-state index < -0.39 is 9.84 Å². The predicted molar refractivity (Wildman–Crippen MR) is 136 cm³/mol. The highest BCUT2D eigenvalue weighted by Gasteiger charge is 2.25. The molecular formula is C25H24N2O3S3. The lowest BCUT2D eigenvalue weighted by molar-refractivity contribution is -0.115. The summed E-state index contributed by atoms with van der Waals surface area (Å²) in [6, 6.07) is 14.7. The molecule has 2 aromatic heterocycles. The Labute approximate surface area is 201 Å². The van der Waals surface area contributed by atoms with Gasteiger partial charge in [-0.25, -0.2) is 13.4 Å². The van der Waals surface area contributed by atoms with Gasteiger partial charge < -0.3 is 5.32 Å². The van der Waals surface area contributed by atoms with E-state index in [1.165, 1.54) is 16.9 Å². The zero-order valence-electron chi connectivity index (χ0n) is 18.3. The van der Waals surface area contributed by atoms with E-state index in [1.807, 2.05) is 18.2 Å². The number of carbonyl (C=O) groups excluding carboxylic acids is 1. The van der Waals surface area contributed by atoms with Gasteiger partial charge in [0.15, 0.2) is 9.84 Å². The molecule has 0 saturated carbocycles. The molecule has 1 amide bonds. The summed E-state index contributed by atoms with van der Waals surface area (Å²) in [7, 11) is -3.25. The molecule has 2 aromatic carbocycles. The Kier molecular flexibility index (Phi) is 6.07. The molecule has 0 saturated heterocycles. The zero-order valence-corrected chi connectivity index (χ0v) is 20.7. The minimum absolute atomic E-state index is 0.0599. The topological polar surface area (TPSA) is 76.1 Å². The molecule has 1 aliphatic rings. The Balaban J connectivity index is 1.42. The van der Waals surface area contributed by atoms with Gasteiger partial charge in [-0.1, -0.05) is 31.2 Å². The number of carbonyl (C=O) groups is 1. The molecule has 33 heavy (non-hydrogen) atoms. The fourth-order valence-corrected chi connectivity index (χ4v) is 7.50. The number of nitrogens with zero attached hydrogens (tertiary/aromatic N) is 1. The first-order chi connectivity index (χ1) is 15.9. The Morgan fingerprint density at radius 3 is 2.55 bits per heavy atom. The molecule has 8 heteroatoms. The highest BCUT2D eigenvalue weighted by molar-refractivity contribution is 7.91. The van der Waals surface area contributed by atoms with E-state index in [-0.39, 0.29) is 18.1 Å². The molecule has 170 valence electrons. The fraction of sp³-hybridized carbons (Fsp3) is 0.280. The van der Waals surface area contributed by atoms with Crippen LogP contribution < -0.4 is 5.32 Å². The number of thiophene rings is 1. The number of para-hydroxylation sites is 1. The summed E-state index contributed by atoms with van der Waals surface area (Å²) in [4.78, 5) is 19.5. The van der Waals surface area contributed by atoms with Gasteiger partial charge in [-0.2, -0.15) is 0 Å². The number of aromatic nitrogens is 1. The number of rotatable bonds is 6. The Morgan fingerprint density at radius 2 is 1.79 bits per heavy atom.